The van der Waals surface area contributed by atoms with Crippen LogP contribution in [0.25, 0.3) is 0 Å². The van der Waals surface area contributed by atoms with Crippen LogP contribution in [0, 0.1) is 12.7 Å². The van der Waals surface area contributed by atoms with Gasteiger partial charge in [0.15, 0.2) is 0 Å². The average Bonchev–Trinajstić information content (AvgIpc) is 2.81. The van der Waals surface area contributed by atoms with Gasteiger partial charge in [-0.15, -0.1) is 0 Å². The number of sulfonamides is 1. The van der Waals surface area contributed by atoms with Gasteiger partial charge in [0.05, 0.1) is 17.7 Å². The molecule has 0 aliphatic rings. The number of aryl methyl sites for hydroxylation is 2. The molecule has 178 valence electrons. The molecule has 0 aliphatic heterocycles. The van der Waals surface area contributed by atoms with Crippen molar-refractivity contribution < 1.29 is 17.6 Å². The van der Waals surface area contributed by atoms with Crippen molar-refractivity contribution in [3.63, 3.8) is 0 Å². The molecule has 0 unspecified atom stereocenters. The van der Waals surface area contributed by atoms with E-state index in [2.05, 4.69) is 10.5 Å². The summed E-state index contributed by atoms with van der Waals surface area (Å²) in [5.41, 5.74) is 5.14. The van der Waals surface area contributed by atoms with Crippen molar-refractivity contribution in [1.82, 2.24) is 9.73 Å². The van der Waals surface area contributed by atoms with E-state index in [1.165, 1.54) is 42.1 Å². The van der Waals surface area contributed by atoms with E-state index in [0.29, 0.717) is 0 Å². The van der Waals surface area contributed by atoms with Crippen LogP contribution < -0.4 is 5.43 Å². The summed E-state index contributed by atoms with van der Waals surface area (Å²) in [6.45, 7) is 2.88. The first-order valence-electron chi connectivity index (χ1n) is 10.6. The van der Waals surface area contributed by atoms with Gasteiger partial charge in [-0.05, 0) is 48.7 Å². The summed E-state index contributed by atoms with van der Waals surface area (Å²) < 4.78 is 41.9. The molecule has 6 nitrogen and oxygen atoms in total. The first-order chi connectivity index (χ1) is 16.2. The SMILES string of the molecule is CCc1ccc(/C=N\NC(=O)CN(Cc2c(F)cccc2Cl)S(=O)(=O)c2ccc(C)cc2)cc1. The summed E-state index contributed by atoms with van der Waals surface area (Å²) in [5, 5.41) is 3.98. The molecule has 0 spiro atoms. The Kier molecular flexibility index (Phi) is 8.55. The monoisotopic (exact) mass is 501 g/mol. The smallest absolute Gasteiger partial charge is 0.255 e. The molecular weight excluding hydrogens is 477 g/mol. The van der Waals surface area contributed by atoms with Gasteiger partial charge in [-0.2, -0.15) is 9.41 Å². The third-order valence-corrected chi connectivity index (χ3v) is 7.33. The van der Waals surface area contributed by atoms with Gasteiger partial charge in [-0.1, -0.05) is 66.6 Å². The Morgan fingerprint density at radius 1 is 1.09 bits per heavy atom. The predicted molar refractivity (Wildman–Crippen MR) is 132 cm³/mol. The Morgan fingerprint density at radius 2 is 1.76 bits per heavy atom. The molecule has 9 heteroatoms. The zero-order valence-corrected chi connectivity index (χ0v) is 20.4. The molecule has 0 aromatic heterocycles. The van der Waals surface area contributed by atoms with Gasteiger partial charge in [0, 0.05) is 17.1 Å². The first kappa shape index (κ1) is 25.6. The van der Waals surface area contributed by atoms with Crippen molar-refractivity contribution in [2.45, 2.75) is 31.7 Å². The van der Waals surface area contributed by atoms with Crippen molar-refractivity contribution in [3.05, 3.63) is 99.8 Å². The second kappa shape index (κ2) is 11.4. The van der Waals surface area contributed by atoms with Crippen LogP contribution in [-0.4, -0.2) is 31.4 Å². The Bertz CT molecular complexity index is 1260. The van der Waals surface area contributed by atoms with Crippen LogP contribution in [0.15, 0.2) is 76.7 Å². The zero-order valence-electron chi connectivity index (χ0n) is 18.8. The molecule has 1 N–H and O–H groups in total. The Labute approximate surface area is 204 Å². The molecule has 0 aliphatic carbocycles. The summed E-state index contributed by atoms with van der Waals surface area (Å²) in [7, 11) is -4.13. The molecule has 0 atom stereocenters. The minimum atomic E-state index is -4.13. The molecule has 0 saturated carbocycles. The van der Waals surface area contributed by atoms with Gasteiger partial charge in [0.2, 0.25) is 10.0 Å². The quantitative estimate of drug-likeness (QED) is 0.341. The number of hydrogen-bond donors (Lipinski definition) is 1. The van der Waals surface area contributed by atoms with Gasteiger partial charge in [-0.3, -0.25) is 4.79 Å². The molecule has 3 aromatic carbocycles. The highest BCUT2D eigenvalue weighted by Crippen LogP contribution is 2.24. The number of amides is 1. The van der Waals surface area contributed by atoms with Crippen molar-refractivity contribution in [2.75, 3.05) is 6.54 Å². The molecule has 3 rings (SSSR count). The number of benzene rings is 3. The molecule has 3 aromatic rings. The first-order valence-corrected chi connectivity index (χ1v) is 12.4. The van der Waals surface area contributed by atoms with Crippen molar-refractivity contribution in [2.24, 2.45) is 5.10 Å². The van der Waals surface area contributed by atoms with Crippen LogP contribution in [0.5, 0.6) is 0 Å². The fourth-order valence-corrected chi connectivity index (χ4v) is 4.75. The van der Waals surface area contributed by atoms with E-state index in [0.717, 1.165) is 21.9 Å². The molecule has 0 saturated heterocycles. The maximum absolute atomic E-state index is 14.4. The molecular formula is C25H25ClFN3O3S. The maximum atomic E-state index is 14.4. The van der Waals surface area contributed by atoms with E-state index in [-0.39, 0.29) is 15.5 Å². The predicted octanol–water partition coefficient (Wildman–Crippen LogP) is 4.69. The van der Waals surface area contributed by atoms with Crippen LogP contribution in [0.2, 0.25) is 5.02 Å². The lowest BCUT2D eigenvalue weighted by atomic mass is 10.1. The minimum Gasteiger partial charge on any atom is -0.272 e. The molecule has 1 amide bonds. The molecule has 0 heterocycles. The summed E-state index contributed by atoms with van der Waals surface area (Å²) in [5.74, 6) is -1.34. The minimum absolute atomic E-state index is 0.0159. The van der Waals surface area contributed by atoms with Gasteiger partial charge in [0.1, 0.15) is 5.82 Å². The standard InChI is InChI=1S/C25H25ClFN3O3S/c1-3-19-9-11-20(12-10-19)15-28-29-25(31)17-30(16-22-23(26)5-4-6-24(22)27)34(32,33)21-13-7-18(2)8-14-21/h4-15H,3,16-17H2,1-2H3,(H,29,31)/b28-15-. The van der Waals surface area contributed by atoms with Gasteiger partial charge >= 0.3 is 0 Å². The van der Waals surface area contributed by atoms with E-state index in [4.69, 9.17) is 11.6 Å². The third-order valence-electron chi connectivity index (χ3n) is 5.17. The molecule has 34 heavy (non-hydrogen) atoms. The van der Waals surface area contributed by atoms with E-state index >= 15 is 0 Å². The lowest BCUT2D eigenvalue weighted by Gasteiger charge is -2.22. The molecule has 0 radical (unpaired) electrons. The Morgan fingerprint density at radius 3 is 2.38 bits per heavy atom. The number of carbonyl (C=O) groups is 1. The van der Waals surface area contributed by atoms with E-state index in [1.807, 2.05) is 38.1 Å². The number of nitrogens with one attached hydrogen (secondary N) is 1. The highest BCUT2D eigenvalue weighted by atomic mass is 35.5. The number of hydrogen-bond acceptors (Lipinski definition) is 4. The number of rotatable bonds is 9. The highest BCUT2D eigenvalue weighted by molar-refractivity contribution is 7.89. The van der Waals surface area contributed by atoms with Gasteiger partial charge in [-0.25, -0.2) is 18.2 Å². The van der Waals surface area contributed by atoms with E-state index < -0.39 is 34.8 Å². The normalized spacial score (nSPS) is 11.8. The fraction of sp³-hybridized carbons (Fsp3) is 0.200. The summed E-state index contributed by atoms with van der Waals surface area (Å²) >= 11 is 6.11. The largest absolute Gasteiger partial charge is 0.272 e. The second-order valence-corrected chi connectivity index (χ2v) is 10.0. The molecule has 0 bridgehead atoms. The van der Waals surface area contributed by atoms with Crippen molar-refractivity contribution in [3.8, 4) is 0 Å². The van der Waals surface area contributed by atoms with E-state index in [9.17, 15) is 17.6 Å². The molecule has 0 fully saturated rings. The number of nitrogens with zero attached hydrogens (tertiary/aromatic N) is 2. The van der Waals surface area contributed by atoms with Crippen LogP contribution >= 0.6 is 11.6 Å². The Hall–Kier alpha value is -3.07. The maximum Gasteiger partial charge on any atom is 0.255 e. The number of hydrazone groups is 1. The fourth-order valence-electron chi connectivity index (χ4n) is 3.16. The average molecular weight is 502 g/mol. The van der Waals surface area contributed by atoms with Crippen molar-refractivity contribution in [1.29, 1.82) is 0 Å². The summed E-state index contributed by atoms with van der Waals surface area (Å²) in [6.07, 6.45) is 2.37. The topological polar surface area (TPSA) is 78.8 Å². The van der Waals surface area contributed by atoms with Gasteiger partial charge < -0.3 is 0 Å². The van der Waals surface area contributed by atoms with Crippen molar-refractivity contribution >= 4 is 33.7 Å². The summed E-state index contributed by atoms with van der Waals surface area (Å²) in [6, 6.07) is 17.9. The number of halogens is 2. The lowest BCUT2D eigenvalue weighted by molar-refractivity contribution is -0.121. The number of carbonyl (C=O) groups excluding carboxylic acids is 1. The Balaban J connectivity index is 1.81. The van der Waals surface area contributed by atoms with Gasteiger partial charge in [0.25, 0.3) is 5.91 Å². The second-order valence-electron chi connectivity index (χ2n) is 7.67. The summed E-state index contributed by atoms with van der Waals surface area (Å²) in [4.78, 5) is 12.6. The zero-order chi connectivity index (χ0) is 24.7. The van der Waals surface area contributed by atoms with Crippen LogP contribution in [-0.2, 0) is 27.8 Å². The highest BCUT2D eigenvalue weighted by Gasteiger charge is 2.28. The third kappa shape index (κ3) is 6.50. The van der Waals surface area contributed by atoms with Crippen LogP contribution in [0.3, 0.4) is 0 Å². The van der Waals surface area contributed by atoms with Crippen LogP contribution in [0.4, 0.5) is 4.39 Å². The van der Waals surface area contributed by atoms with Crippen LogP contribution in [0.1, 0.15) is 29.2 Å². The lowest BCUT2D eigenvalue weighted by Crippen LogP contribution is -2.39. The van der Waals surface area contributed by atoms with E-state index in [1.54, 1.807) is 12.1 Å².